The van der Waals surface area contributed by atoms with Gasteiger partial charge in [0.1, 0.15) is 0 Å². The highest BCUT2D eigenvalue weighted by Gasteiger charge is 2.19. The van der Waals surface area contributed by atoms with Gasteiger partial charge in [-0.15, -0.1) is 0 Å². The van der Waals surface area contributed by atoms with Gasteiger partial charge in [-0.3, -0.25) is 9.59 Å². The molecule has 4 heteroatoms. The molecule has 6 rings (SSSR count). The van der Waals surface area contributed by atoms with Gasteiger partial charge in [-0.1, -0.05) is 108 Å². The molecule has 0 radical (unpaired) electrons. The highest BCUT2D eigenvalue weighted by Crippen LogP contribution is 2.38. The van der Waals surface area contributed by atoms with E-state index in [4.69, 9.17) is 11.5 Å². The summed E-state index contributed by atoms with van der Waals surface area (Å²) in [6, 6.07) is 37.1. The van der Waals surface area contributed by atoms with E-state index in [1.54, 1.807) is 12.1 Å². The van der Waals surface area contributed by atoms with Crippen molar-refractivity contribution in [2.24, 2.45) is 11.5 Å². The van der Waals surface area contributed by atoms with E-state index in [0.29, 0.717) is 11.1 Å². The third kappa shape index (κ3) is 5.71. The maximum absolute atomic E-state index is 12.4. The fraction of sp³-hybridized carbons (Fsp3) is 0.150. The van der Waals surface area contributed by atoms with E-state index in [0.717, 1.165) is 58.4 Å². The maximum Gasteiger partial charge on any atom is 0.249 e. The Hall–Kier alpha value is -5.22. The van der Waals surface area contributed by atoms with Gasteiger partial charge in [-0.05, 0) is 107 Å². The number of carbonyl (C=O) groups is 2. The minimum absolute atomic E-state index is 0.434. The number of hydrogen-bond acceptors (Lipinski definition) is 2. The lowest BCUT2D eigenvalue weighted by Gasteiger charge is -2.20. The molecule has 4 nitrogen and oxygen atoms in total. The van der Waals surface area contributed by atoms with E-state index in [1.165, 1.54) is 33.4 Å². The summed E-state index contributed by atoms with van der Waals surface area (Å²) in [7, 11) is 0. The molecule has 6 aromatic carbocycles. The second-order valence-corrected chi connectivity index (χ2v) is 11.7. The van der Waals surface area contributed by atoms with Crippen molar-refractivity contribution in [3.8, 4) is 11.1 Å². The lowest BCUT2D eigenvalue weighted by atomic mass is 9.84. The molecule has 218 valence electrons. The first-order chi connectivity index (χ1) is 21.3. The standard InChI is InChI=1S/C40H36N2O2/c1-25-7-3-9-27(23-25)15-17-31-29-11-5-13-37(39(41)43)35(29)21-19-33(31)34-20-22-36-30(12-6-14-38(36)40(42)44)32(34)18-16-28-10-4-8-26(2)24-28/h3-14,19-24H,15-18H2,1-2H3,(H2,41,43)(H2,42,44). The topological polar surface area (TPSA) is 86.2 Å². The van der Waals surface area contributed by atoms with Crippen LogP contribution < -0.4 is 11.5 Å². The van der Waals surface area contributed by atoms with Crippen LogP contribution in [0.15, 0.2) is 109 Å². The molecule has 0 spiro atoms. The van der Waals surface area contributed by atoms with Crippen LogP contribution in [0.4, 0.5) is 0 Å². The van der Waals surface area contributed by atoms with Crippen molar-refractivity contribution >= 4 is 33.4 Å². The fourth-order valence-electron chi connectivity index (χ4n) is 6.59. The van der Waals surface area contributed by atoms with Crippen LogP contribution in [0.25, 0.3) is 32.7 Å². The summed E-state index contributed by atoms with van der Waals surface area (Å²) in [5.74, 6) is -0.868. The number of carbonyl (C=O) groups excluding carboxylic acids is 2. The fourth-order valence-corrected chi connectivity index (χ4v) is 6.59. The molecule has 0 saturated heterocycles. The van der Waals surface area contributed by atoms with Gasteiger partial charge in [0, 0.05) is 11.1 Å². The van der Waals surface area contributed by atoms with Gasteiger partial charge in [-0.2, -0.15) is 0 Å². The molecule has 0 aliphatic carbocycles. The van der Waals surface area contributed by atoms with Gasteiger partial charge in [0.2, 0.25) is 11.8 Å². The SMILES string of the molecule is Cc1cccc(CCc2c(-c3ccc4c(C(N)=O)cccc4c3CCc3cccc(C)c3)ccc3c(C(N)=O)cccc23)c1. The first-order valence-corrected chi connectivity index (χ1v) is 15.1. The third-order valence-corrected chi connectivity index (χ3v) is 8.66. The van der Waals surface area contributed by atoms with Gasteiger partial charge in [0.25, 0.3) is 0 Å². The third-order valence-electron chi connectivity index (χ3n) is 8.66. The van der Waals surface area contributed by atoms with Crippen LogP contribution in [-0.4, -0.2) is 11.8 Å². The number of amides is 2. The van der Waals surface area contributed by atoms with E-state index in [1.807, 2.05) is 24.3 Å². The molecule has 0 unspecified atom stereocenters. The molecular weight excluding hydrogens is 540 g/mol. The van der Waals surface area contributed by atoms with Crippen LogP contribution >= 0.6 is 0 Å². The predicted octanol–water partition coefficient (Wildman–Crippen LogP) is 8.05. The second kappa shape index (κ2) is 12.2. The van der Waals surface area contributed by atoms with Crippen molar-refractivity contribution in [2.75, 3.05) is 0 Å². The number of hydrogen-bond donors (Lipinski definition) is 2. The number of aryl methyl sites for hydroxylation is 6. The number of rotatable bonds is 9. The smallest absolute Gasteiger partial charge is 0.249 e. The van der Waals surface area contributed by atoms with Crippen molar-refractivity contribution in [2.45, 2.75) is 39.5 Å². The monoisotopic (exact) mass is 576 g/mol. The van der Waals surface area contributed by atoms with Gasteiger partial charge < -0.3 is 11.5 Å². The number of fused-ring (bicyclic) bond motifs is 2. The zero-order valence-corrected chi connectivity index (χ0v) is 25.2. The molecule has 44 heavy (non-hydrogen) atoms. The Kier molecular flexibility index (Phi) is 7.99. The van der Waals surface area contributed by atoms with Crippen LogP contribution in [0.5, 0.6) is 0 Å². The lowest BCUT2D eigenvalue weighted by molar-refractivity contribution is 0.0993. The van der Waals surface area contributed by atoms with Crippen LogP contribution in [0, 0.1) is 13.8 Å². The van der Waals surface area contributed by atoms with Crippen LogP contribution in [0.3, 0.4) is 0 Å². The largest absolute Gasteiger partial charge is 0.366 e. The Labute approximate surface area is 258 Å². The molecule has 0 atom stereocenters. The normalized spacial score (nSPS) is 11.2. The zero-order valence-electron chi connectivity index (χ0n) is 25.2. The quantitative estimate of drug-likeness (QED) is 0.182. The van der Waals surface area contributed by atoms with Gasteiger partial charge in [0.15, 0.2) is 0 Å². The maximum atomic E-state index is 12.4. The Bertz CT molecular complexity index is 1910. The zero-order chi connectivity index (χ0) is 30.8. The summed E-state index contributed by atoms with van der Waals surface area (Å²) >= 11 is 0. The van der Waals surface area contributed by atoms with Crippen LogP contribution in [-0.2, 0) is 25.7 Å². The van der Waals surface area contributed by atoms with Crippen molar-refractivity contribution in [3.05, 3.63) is 154 Å². The Morgan fingerprint density at radius 1 is 0.477 bits per heavy atom. The van der Waals surface area contributed by atoms with E-state index >= 15 is 0 Å². The minimum atomic E-state index is -0.434. The van der Waals surface area contributed by atoms with Crippen LogP contribution in [0.1, 0.15) is 54.1 Å². The molecule has 0 bridgehead atoms. The summed E-state index contributed by atoms with van der Waals surface area (Å²) in [5.41, 5.74) is 22.3. The Balaban J connectivity index is 1.57. The van der Waals surface area contributed by atoms with Crippen LogP contribution in [0.2, 0.25) is 0 Å². The van der Waals surface area contributed by atoms with E-state index < -0.39 is 11.8 Å². The van der Waals surface area contributed by atoms with Crippen molar-refractivity contribution in [1.29, 1.82) is 0 Å². The summed E-state index contributed by atoms with van der Waals surface area (Å²) in [5, 5.41) is 3.78. The highest BCUT2D eigenvalue weighted by atomic mass is 16.1. The molecular formula is C40H36N2O2. The van der Waals surface area contributed by atoms with Crippen molar-refractivity contribution < 1.29 is 9.59 Å². The highest BCUT2D eigenvalue weighted by molar-refractivity contribution is 6.10. The van der Waals surface area contributed by atoms with Crippen molar-refractivity contribution in [1.82, 2.24) is 0 Å². The molecule has 2 amide bonds. The van der Waals surface area contributed by atoms with E-state index in [9.17, 15) is 9.59 Å². The van der Waals surface area contributed by atoms with Gasteiger partial charge in [-0.25, -0.2) is 0 Å². The van der Waals surface area contributed by atoms with Gasteiger partial charge >= 0.3 is 0 Å². The molecule has 0 saturated carbocycles. The summed E-state index contributed by atoms with van der Waals surface area (Å²) in [6.07, 6.45) is 3.28. The number of primary amides is 2. The second-order valence-electron chi connectivity index (χ2n) is 11.7. The first kappa shape index (κ1) is 28.9. The molecule has 0 heterocycles. The van der Waals surface area contributed by atoms with Crippen molar-refractivity contribution in [3.63, 3.8) is 0 Å². The number of benzene rings is 6. The lowest BCUT2D eigenvalue weighted by Crippen LogP contribution is -2.12. The molecule has 0 aliphatic heterocycles. The Morgan fingerprint density at radius 2 is 0.886 bits per heavy atom. The van der Waals surface area contributed by atoms with E-state index in [2.05, 4.69) is 86.6 Å². The molecule has 4 N–H and O–H groups in total. The van der Waals surface area contributed by atoms with Gasteiger partial charge in [0.05, 0.1) is 0 Å². The molecule has 6 aromatic rings. The Morgan fingerprint density at radius 3 is 1.27 bits per heavy atom. The summed E-state index contributed by atoms with van der Waals surface area (Å²) in [4.78, 5) is 24.8. The average Bonchev–Trinajstić information content (AvgIpc) is 3.01. The number of nitrogens with two attached hydrogens (primary N) is 2. The molecule has 0 aliphatic rings. The summed E-state index contributed by atoms with van der Waals surface area (Å²) < 4.78 is 0. The van der Waals surface area contributed by atoms with E-state index in [-0.39, 0.29) is 0 Å². The predicted molar refractivity (Wildman–Crippen MR) is 181 cm³/mol. The minimum Gasteiger partial charge on any atom is -0.366 e. The molecule has 0 fully saturated rings. The first-order valence-electron chi connectivity index (χ1n) is 15.1. The molecule has 0 aromatic heterocycles. The average molecular weight is 577 g/mol. The summed E-state index contributed by atoms with van der Waals surface area (Å²) in [6.45, 7) is 4.23.